The zero-order valence-corrected chi connectivity index (χ0v) is 16.9. The van der Waals surface area contributed by atoms with Gasteiger partial charge in [0.05, 0.1) is 7.11 Å². The van der Waals surface area contributed by atoms with Gasteiger partial charge in [-0.15, -0.1) is 0 Å². The smallest absolute Gasteiger partial charge is 0.348 e. The molecule has 5 heteroatoms. The van der Waals surface area contributed by atoms with Gasteiger partial charge in [0.1, 0.15) is 17.8 Å². The van der Waals surface area contributed by atoms with Crippen LogP contribution in [0.4, 0.5) is 0 Å². The molecule has 4 rings (SSSR count). The summed E-state index contributed by atoms with van der Waals surface area (Å²) in [6, 6.07) is 27.6. The van der Waals surface area contributed by atoms with Gasteiger partial charge in [0.15, 0.2) is 11.5 Å². The molecular formula is C26H20O5. The van der Waals surface area contributed by atoms with E-state index in [0.29, 0.717) is 11.1 Å². The molecule has 1 aliphatic heterocycles. The maximum absolute atomic E-state index is 12.9. The summed E-state index contributed by atoms with van der Waals surface area (Å²) < 4.78 is 16.7. The van der Waals surface area contributed by atoms with Gasteiger partial charge < -0.3 is 14.2 Å². The van der Waals surface area contributed by atoms with Crippen LogP contribution in [0, 0.1) is 0 Å². The van der Waals surface area contributed by atoms with Crippen LogP contribution >= 0.6 is 0 Å². The van der Waals surface area contributed by atoms with Crippen LogP contribution in [0.5, 0.6) is 0 Å². The predicted molar refractivity (Wildman–Crippen MR) is 116 cm³/mol. The summed E-state index contributed by atoms with van der Waals surface area (Å²) in [4.78, 5) is 25.6. The minimum absolute atomic E-state index is 0.0536. The molecule has 3 aromatic rings. The average molecular weight is 412 g/mol. The van der Waals surface area contributed by atoms with Crippen LogP contribution in [-0.4, -0.2) is 19.0 Å². The van der Waals surface area contributed by atoms with E-state index in [-0.39, 0.29) is 29.3 Å². The van der Waals surface area contributed by atoms with Crippen molar-refractivity contribution in [3.63, 3.8) is 0 Å². The second-order valence-corrected chi connectivity index (χ2v) is 6.80. The summed E-state index contributed by atoms with van der Waals surface area (Å²) in [6.07, 6.45) is 0. The number of esters is 2. The van der Waals surface area contributed by atoms with E-state index >= 15 is 0 Å². The highest BCUT2D eigenvalue weighted by atomic mass is 16.6. The fourth-order valence-electron chi connectivity index (χ4n) is 3.33. The fourth-order valence-corrected chi connectivity index (χ4v) is 3.33. The minimum atomic E-state index is -0.621. The van der Waals surface area contributed by atoms with E-state index in [0.717, 1.165) is 5.56 Å². The van der Waals surface area contributed by atoms with Crippen LogP contribution in [0.25, 0.3) is 11.1 Å². The van der Waals surface area contributed by atoms with Crippen molar-refractivity contribution in [2.45, 2.75) is 6.61 Å². The third kappa shape index (κ3) is 4.26. The average Bonchev–Trinajstić information content (AvgIpc) is 3.15. The SMILES string of the molecule is COC(=O)/C(=C1/OC(=O)C(c2ccccc2)=C1OCc1ccccc1)c1ccccc1. The zero-order valence-electron chi connectivity index (χ0n) is 16.9. The Morgan fingerprint density at radius 3 is 2.03 bits per heavy atom. The van der Waals surface area contributed by atoms with E-state index < -0.39 is 11.9 Å². The third-order valence-electron chi connectivity index (χ3n) is 4.80. The van der Waals surface area contributed by atoms with Crippen molar-refractivity contribution in [2.24, 2.45) is 0 Å². The van der Waals surface area contributed by atoms with Gasteiger partial charge in [-0.05, 0) is 16.7 Å². The van der Waals surface area contributed by atoms with Gasteiger partial charge in [-0.2, -0.15) is 0 Å². The van der Waals surface area contributed by atoms with Crippen molar-refractivity contribution in [3.05, 3.63) is 119 Å². The number of methoxy groups -OCH3 is 1. The Balaban J connectivity index is 1.89. The molecule has 3 aromatic carbocycles. The van der Waals surface area contributed by atoms with E-state index in [1.807, 2.05) is 54.6 Å². The Bertz CT molecular complexity index is 1150. The van der Waals surface area contributed by atoms with Crippen molar-refractivity contribution in [1.29, 1.82) is 0 Å². The van der Waals surface area contributed by atoms with Gasteiger partial charge in [-0.25, -0.2) is 9.59 Å². The molecule has 0 spiro atoms. The summed E-state index contributed by atoms with van der Waals surface area (Å²) in [5.74, 6) is -0.937. The van der Waals surface area contributed by atoms with Crippen LogP contribution in [0.2, 0.25) is 0 Å². The molecule has 0 fully saturated rings. The van der Waals surface area contributed by atoms with E-state index in [4.69, 9.17) is 14.2 Å². The second-order valence-electron chi connectivity index (χ2n) is 6.80. The predicted octanol–water partition coefficient (Wildman–Crippen LogP) is 4.76. The van der Waals surface area contributed by atoms with E-state index in [1.165, 1.54) is 7.11 Å². The molecule has 1 heterocycles. The molecule has 0 aromatic heterocycles. The number of ether oxygens (including phenoxy) is 3. The molecule has 154 valence electrons. The lowest BCUT2D eigenvalue weighted by molar-refractivity contribution is -0.134. The number of rotatable bonds is 6. The lowest BCUT2D eigenvalue weighted by Crippen LogP contribution is -2.10. The monoisotopic (exact) mass is 412 g/mol. The Morgan fingerprint density at radius 1 is 0.839 bits per heavy atom. The van der Waals surface area contributed by atoms with Crippen molar-refractivity contribution < 1.29 is 23.8 Å². The van der Waals surface area contributed by atoms with Gasteiger partial charge in [0.2, 0.25) is 0 Å². The third-order valence-corrected chi connectivity index (χ3v) is 4.80. The van der Waals surface area contributed by atoms with Gasteiger partial charge >= 0.3 is 11.9 Å². The molecule has 0 bridgehead atoms. The van der Waals surface area contributed by atoms with Gasteiger partial charge in [-0.3, -0.25) is 0 Å². The van der Waals surface area contributed by atoms with Crippen LogP contribution in [-0.2, 0) is 30.4 Å². The Morgan fingerprint density at radius 2 is 1.42 bits per heavy atom. The number of benzene rings is 3. The Labute approximate surface area is 180 Å². The van der Waals surface area contributed by atoms with E-state index in [2.05, 4.69) is 0 Å². The number of cyclic esters (lactones) is 1. The maximum Gasteiger partial charge on any atom is 0.348 e. The van der Waals surface area contributed by atoms with Crippen LogP contribution < -0.4 is 0 Å². The largest absolute Gasteiger partial charge is 0.484 e. The molecule has 31 heavy (non-hydrogen) atoms. The molecule has 0 N–H and O–H groups in total. The summed E-state index contributed by atoms with van der Waals surface area (Å²) in [5.41, 5.74) is 2.52. The number of carbonyl (C=O) groups is 2. The summed E-state index contributed by atoms with van der Waals surface area (Å²) in [7, 11) is 1.29. The van der Waals surface area contributed by atoms with Crippen LogP contribution in [0.1, 0.15) is 16.7 Å². The number of hydrogen-bond donors (Lipinski definition) is 0. The Kier molecular flexibility index (Phi) is 5.94. The molecule has 0 amide bonds. The summed E-state index contributed by atoms with van der Waals surface area (Å²) in [5, 5.41) is 0. The number of carbonyl (C=O) groups excluding carboxylic acids is 2. The quantitative estimate of drug-likeness (QED) is 0.432. The van der Waals surface area contributed by atoms with Crippen LogP contribution in [0.3, 0.4) is 0 Å². The molecular weight excluding hydrogens is 392 g/mol. The summed E-state index contributed by atoms with van der Waals surface area (Å²) >= 11 is 0. The maximum atomic E-state index is 12.9. The molecule has 0 saturated carbocycles. The van der Waals surface area contributed by atoms with Crippen molar-refractivity contribution in [1.82, 2.24) is 0 Å². The summed E-state index contributed by atoms with van der Waals surface area (Å²) in [6.45, 7) is 0.204. The molecule has 1 aliphatic rings. The van der Waals surface area contributed by atoms with Crippen molar-refractivity contribution >= 4 is 23.1 Å². The molecule has 0 atom stereocenters. The topological polar surface area (TPSA) is 61.8 Å². The minimum Gasteiger partial charge on any atom is -0.484 e. The van der Waals surface area contributed by atoms with Crippen molar-refractivity contribution in [3.8, 4) is 0 Å². The first-order valence-electron chi connectivity index (χ1n) is 9.76. The number of hydrogen-bond acceptors (Lipinski definition) is 5. The first kappa shape index (κ1) is 20.2. The van der Waals surface area contributed by atoms with Gasteiger partial charge in [0.25, 0.3) is 0 Å². The zero-order chi connectivity index (χ0) is 21.6. The van der Waals surface area contributed by atoms with Gasteiger partial charge in [-0.1, -0.05) is 91.0 Å². The molecule has 0 saturated heterocycles. The molecule has 0 unspecified atom stereocenters. The van der Waals surface area contributed by atoms with E-state index in [1.54, 1.807) is 36.4 Å². The lowest BCUT2D eigenvalue weighted by atomic mass is 10.0. The Hall–Kier alpha value is -4.12. The fraction of sp³-hybridized carbons (Fsp3) is 0.0769. The normalized spacial score (nSPS) is 14.8. The van der Waals surface area contributed by atoms with Crippen LogP contribution in [0.15, 0.2) is 103 Å². The highest BCUT2D eigenvalue weighted by Crippen LogP contribution is 2.39. The van der Waals surface area contributed by atoms with Crippen molar-refractivity contribution in [2.75, 3.05) is 7.11 Å². The second kappa shape index (κ2) is 9.13. The molecule has 0 aliphatic carbocycles. The van der Waals surface area contributed by atoms with Gasteiger partial charge in [0, 0.05) is 0 Å². The molecule has 5 nitrogen and oxygen atoms in total. The first-order chi connectivity index (χ1) is 15.2. The highest BCUT2D eigenvalue weighted by molar-refractivity contribution is 6.25. The highest BCUT2D eigenvalue weighted by Gasteiger charge is 2.37. The van der Waals surface area contributed by atoms with E-state index in [9.17, 15) is 9.59 Å². The molecule has 0 radical (unpaired) electrons. The standard InChI is InChI=1S/C26H20O5/c1-29-25(27)22(20-15-9-4-10-16-20)24-23(30-17-18-11-5-2-6-12-18)21(26(28)31-24)19-13-7-3-8-14-19/h2-16H,17H2,1H3/b24-22+. The lowest BCUT2D eigenvalue weighted by Gasteiger charge is -2.13. The first-order valence-corrected chi connectivity index (χ1v) is 9.76.